The van der Waals surface area contributed by atoms with Crippen LogP contribution in [-0.4, -0.2) is 47.4 Å². The molecule has 8 heteroatoms. The number of nitrogens with one attached hydrogen (secondary N) is 1. The lowest BCUT2D eigenvalue weighted by molar-refractivity contribution is -0.145. The van der Waals surface area contributed by atoms with E-state index in [1.165, 1.54) is 6.92 Å². The fourth-order valence-electron chi connectivity index (χ4n) is 1.12. The predicted molar refractivity (Wildman–Crippen MR) is 65.4 cm³/mol. The first-order valence-electron chi connectivity index (χ1n) is 5.65. The lowest BCUT2D eigenvalue weighted by atomic mass is 10.2. The Bertz CT molecular complexity index is 350. The fraction of sp³-hybridized carbons (Fsp3) is 0.727. The van der Waals surface area contributed by atoms with Crippen molar-refractivity contribution in [3.05, 3.63) is 0 Å². The van der Waals surface area contributed by atoms with Crippen molar-refractivity contribution in [1.82, 2.24) is 5.32 Å². The van der Waals surface area contributed by atoms with Gasteiger partial charge in [0.1, 0.15) is 12.2 Å². The molecule has 0 aliphatic rings. The highest BCUT2D eigenvalue weighted by molar-refractivity contribution is 5.80. The van der Waals surface area contributed by atoms with Crippen molar-refractivity contribution in [3.8, 4) is 0 Å². The van der Waals surface area contributed by atoms with E-state index in [-0.39, 0.29) is 0 Å². The SMILES string of the molecule is CC(OCC(N)=O)C(NC(=O)OC(C)(C)C)C(=O)O. The van der Waals surface area contributed by atoms with Crippen LogP contribution in [0.5, 0.6) is 0 Å². The number of nitrogens with two attached hydrogens (primary N) is 1. The number of carboxylic acid groups (broad SMARTS) is 1. The highest BCUT2D eigenvalue weighted by Crippen LogP contribution is 2.08. The minimum atomic E-state index is -1.34. The molecule has 110 valence electrons. The van der Waals surface area contributed by atoms with Crippen LogP contribution in [0.4, 0.5) is 4.79 Å². The zero-order chi connectivity index (χ0) is 15.2. The average molecular weight is 276 g/mol. The molecule has 19 heavy (non-hydrogen) atoms. The molecular weight excluding hydrogens is 256 g/mol. The first-order chi connectivity index (χ1) is 8.53. The highest BCUT2D eigenvalue weighted by atomic mass is 16.6. The second-order valence-corrected chi connectivity index (χ2v) is 4.94. The molecule has 0 rings (SSSR count). The van der Waals surface area contributed by atoms with E-state index in [1.807, 2.05) is 0 Å². The standard InChI is InChI=1S/C11H20N2O6/c1-6(18-5-7(12)14)8(9(15)16)13-10(17)19-11(2,3)4/h6,8H,5H2,1-4H3,(H2,12,14)(H,13,17)(H,15,16). The van der Waals surface area contributed by atoms with Crippen molar-refractivity contribution < 1.29 is 29.0 Å². The molecule has 0 fully saturated rings. The van der Waals surface area contributed by atoms with Gasteiger partial charge < -0.3 is 25.6 Å². The van der Waals surface area contributed by atoms with E-state index in [0.29, 0.717) is 0 Å². The van der Waals surface area contributed by atoms with E-state index in [1.54, 1.807) is 20.8 Å². The smallest absolute Gasteiger partial charge is 0.408 e. The number of carboxylic acids is 1. The second-order valence-electron chi connectivity index (χ2n) is 4.94. The molecule has 4 N–H and O–H groups in total. The number of carbonyl (C=O) groups excluding carboxylic acids is 2. The summed E-state index contributed by atoms with van der Waals surface area (Å²) in [6, 6.07) is -1.34. The van der Waals surface area contributed by atoms with Gasteiger partial charge in [-0.15, -0.1) is 0 Å². The van der Waals surface area contributed by atoms with Crippen LogP contribution in [0.15, 0.2) is 0 Å². The normalized spacial score (nSPS) is 14.3. The number of alkyl carbamates (subject to hydrolysis) is 1. The van der Waals surface area contributed by atoms with Gasteiger partial charge in [0.25, 0.3) is 0 Å². The van der Waals surface area contributed by atoms with Crippen LogP contribution in [0.3, 0.4) is 0 Å². The summed E-state index contributed by atoms with van der Waals surface area (Å²) in [7, 11) is 0. The number of rotatable bonds is 6. The number of amides is 2. The van der Waals surface area contributed by atoms with E-state index in [4.69, 9.17) is 20.3 Å². The van der Waals surface area contributed by atoms with E-state index in [0.717, 1.165) is 0 Å². The van der Waals surface area contributed by atoms with Gasteiger partial charge in [0.15, 0.2) is 6.04 Å². The quantitative estimate of drug-likeness (QED) is 0.619. The summed E-state index contributed by atoms with van der Waals surface area (Å²) < 4.78 is 9.87. The third kappa shape index (κ3) is 7.98. The van der Waals surface area contributed by atoms with E-state index >= 15 is 0 Å². The van der Waals surface area contributed by atoms with Crippen molar-refractivity contribution >= 4 is 18.0 Å². The molecule has 2 atom stereocenters. The van der Waals surface area contributed by atoms with Crippen LogP contribution in [0, 0.1) is 0 Å². The zero-order valence-corrected chi connectivity index (χ0v) is 11.4. The first kappa shape index (κ1) is 17.2. The maximum absolute atomic E-state index is 11.5. The number of primary amides is 1. The molecule has 0 aromatic rings. The van der Waals surface area contributed by atoms with Crippen LogP contribution in [-0.2, 0) is 19.1 Å². The molecule has 0 aliphatic heterocycles. The molecule has 0 bridgehead atoms. The molecule has 2 amide bonds. The molecule has 0 aromatic carbocycles. The van der Waals surface area contributed by atoms with Crippen molar-refractivity contribution in [3.63, 3.8) is 0 Å². The van der Waals surface area contributed by atoms with Crippen LogP contribution in [0.1, 0.15) is 27.7 Å². The van der Waals surface area contributed by atoms with Gasteiger partial charge in [0.2, 0.25) is 5.91 Å². The topological polar surface area (TPSA) is 128 Å². The van der Waals surface area contributed by atoms with Crippen molar-refractivity contribution in [2.45, 2.75) is 45.4 Å². The summed E-state index contributed by atoms with van der Waals surface area (Å²) in [5.74, 6) is -2.03. The molecule has 8 nitrogen and oxygen atoms in total. The molecule has 2 unspecified atom stereocenters. The highest BCUT2D eigenvalue weighted by Gasteiger charge is 2.29. The minimum absolute atomic E-state index is 0.430. The number of aliphatic carboxylic acids is 1. The second kappa shape index (κ2) is 6.93. The van der Waals surface area contributed by atoms with Crippen LogP contribution in [0.2, 0.25) is 0 Å². The van der Waals surface area contributed by atoms with Gasteiger partial charge in [0.05, 0.1) is 6.10 Å². The van der Waals surface area contributed by atoms with E-state index < -0.39 is 42.3 Å². The van der Waals surface area contributed by atoms with Gasteiger partial charge in [-0.05, 0) is 27.7 Å². The molecule has 0 spiro atoms. The summed E-state index contributed by atoms with van der Waals surface area (Å²) in [5, 5.41) is 11.1. The lowest BCUT2D eigenvalue weighted by Crippen LogP contribution is -2.50. The Hall–Kier alpha value is -1.83. The summed E-state index contributed by atoms with van der Waals surface area (Å²) in [6.45, 7) is 5.92. The lowest BCUT2D eigenvalue weighted by Gasteiger charge is -2.24. The summed E-state index contributed by atoms with van der Waals surface area (Å²) >= 11 is 0. The maximum Gasteiger partial charge on any atom is 0.408 e. The Balaban J connectivity index is 4.53. The molecule has 0 heterocycles. The Morgan fingerprint density at radius 2 is 1.84 bits per heavy atom. The van der Waals surface area contributed by atoms with Gasteiger partial charge in [-0.25, -0.2) is 9.59 Å². The molecule has 0 saturated heterocycles. The van der Waals surface area contributed by atoms with Gasteiger partial charge in [-0.1, -0.05) is 0 Å². The zero-order valence-electron chi connectivity index (χ0n) is 11.4. The number of hydrogen-bond donors (Lipinski definition) is 3. The third-order valence-electron chi connectivity index (χ3n) is 1.90. The van der Waals surface area contributed by atoms with Crippen LogP contribution in [0.25, 0.3) is 0 Å². The van der Waals surface area contributed by atoms with Crippen molar-refractivity contribution in [2.24, 2.45) is 5.73 Å². The summed E-state index contributed by atoms with van der Waals surface area (Å²) in [5.41, 5.74) is 4.13. The third-order valence-corrected chi connectivity index (χ3v) is 1.90. The molecular formula is C11H20N2O6. The first-order valence-corrected chi connectivity index (χ1v) is 5.65. The average Bonchev–Trinajstić information content (AvgIpc) is 2.19. The summed E-state index contributed by atoms with van der Waals surface area (Å²) in [6.07, 6.45) is -1.81. The van der Waals surface area contributed by atoms with E-state index in [2.05, 4.69) is 5.32 Å². The predicted octanol–water partition coefficient (Wildman–Crippen LogP) is -0.145. The van der Waals surface area contributed by atoms with Gasteiger partial charge >= 0.3 is 12.1 Å². The Labute approximate surface area is 111 Å². The Kier molecular flexibility index (Phi) is 6.26. The van der Waals surface area contributed by atoms with Crippen molar-refractivity contribution in [1.29, 1.82) is 0 Å². The molecule has 0 aliphatic carbocycles. The van der Waals surface area contributed by atoms with Crippen LogP contribution < -0.4 is 11.1 Å². The number of ether oxygens (including phenoxy) is 2. The van der Waals surface area contributed by atoms with E-state index in [9.17, 15) is 14.4 Å². The van der Waals surface area contributed by atoms with Crippen molar-refractivity contribution in [2.75, 3.05) is 6.61 Å². The van der Waals surface area contributed by atoms with Gasteiger partial charge in [0, 0.05) is 0 Å². The largest absolute Gasteiger partial charge is 0.480 e. The fourth-order valence-corrected chi connectivity index (χ4v) is 1.12. The molecule has 0 radical (unpaired) electrons. The summed E-state index contributed by atoms with van der Waals surface area (Å²) in [4.78, 5) is 33.0. The van der Waals surface area contributed by atoms with Gasteiger partial charge in [-0.2, -0.15) is 0 Å². The van der Waals surface area contributed by atoms with Gasteiger partial charge in [-0.3, -0.25) is 4.79 Å². The molecule has 0 saturated carbocycles. The molecule has 0 aromatic heterocycles. The minimum Gasteiger partial charge on any atom is -0.480 e. The number of carbonyl (C=O) groups is 3. The Morgan fingerprint density at radius 1 is 1.32 bits per heavy atom. The Morgan fingerprint density at radius 3 is 2.21 bits per heavy atom. The monoisotopic (exact) mass is 276 g/mol. The number of hydrogen-bond acceptors (Lipinski definition) is 5. The maximum atomic E-state index is 11.5. The van der Waals surface area contributed by atoms with Crippen LogP contribution >= 0.6 is 0 Å².